The molecule has 1 aromatic carbocycles. The molecule has 0 aliphatic heterocycles. The quantitative estimate of drug-likeness (QED) is 0.746. The molecule has 3 N–H and O–H groups in total. The van der Waals surface area contributed by atoms with Gasteiger partial charge in [-0.25, -0.2) is 0 Å². The molecular weight excluding hydrogens is 272 g/mol. The van der Waals surface area contributed by atoms with E-state index >= 15 is 0 Å². The van der Waals surface area contributed by atoms with E-state index in [2.05, 4.69) is 20.7 Å². The summed E-state index contributed by atoms with van der Waals surface area (Å²) in [5.41, 5.74) is 1.71. The van der Waals surface area contributed by atoms with E-state index in [-0.39, 0.29) is 18.4 Å². The predicted octanol–water partition coefficient (Wildman–Crippen LogP) is 1.43. The fourth-order valence-electron chi connectivity index (χ4n) is 2.14. The summed E-state index contributed by atoms with van der Waals surface area (Å²) in [7, 11) is 0. The Hall–Kier alpha value is -2.44. The van der Waals surface area contributed by atoms with Gasteiger partial charge in [0.05, 0.1) is 5.92 Å². The van der Waals surface area contributed by atoms with Crippen LogP contribution < -0.4 is 5.32 Å². The first-order chi connectivity index (χ1) is 9.97. The number of aliphatic carboxylic acids is 1. The number of rotatable bonds is 6. The molecule has 0 bridgehead atoms. The molecule has 0 radical (unpaired) electrons. The fourth-order valence-corrected chi connectivity index (χ4v) is 2.14. The number of H-pyrrole nitrogens is 1. The molecule has 7 nitrogen and oxygen atoms in total. The minimum Gasteiger partial charge on any atom is -0.481 e. The summed E-state index contributed by atoms with van der Waals surface area (Å²) in [6, 6.07) is 4.95. The first kappa shape index (κ1) is 15.0. The lowest BCUT2D eigenvalue weighted by Crippen LogP contribution is -2.33. The predicted molar refractivity (Wildman–Crippen MR) is 76.8 cm³/mol. The van der Waals surface area contributed by atoms with Crippen LogP contribution in [0.15, 0.2) is 18.2 Å². The first-order valence-corrected chi connectivity index (χ1v) is 6.79. The van der Waals surface area contributed by atoms with Gasteiger partial charge in [-0.05, 0) is 30.5 Å². The molecular formula is C14H18N4O3. The van der Waals surface area contributed by atoms with E-state index in [4.69, 9.17) is 5.11 Å². The second-order valence-electron chi connectivity index (χ2n) is 5.40. The summed E-state index contributed by atoms with van der Waals surface area (Å²) in [4.78, 5) is 23.2. The van der Waals surface area contributed by atoms with Crippen molar-refractivity contribution < 1.29 is 14.7 Å². The van der Waals surface area contributed by atoms with Crippen LogP contribution in [0.5, 0.6) is 0 Å². The molecule has 0 aliphatic rings. The Labute approximate surface area is 121 Å². The summed E-state index contributed by atoms with van der Waals surface area (Å²) in [5, 5.41) is 22.1. The van der Waals surface area contributed by atoms with Crippen molar-refractivity contribution >= 4 is 22.9 Å². The van der Waals surface area contributed by atoms with Crippen molar-refractivity contribution in [1.29, 1.82) is 0 Å². The maximum Gasteiger partial charge on any atom is 0.308 e. The van der Waals surface area contributed by atoms with Crippen molar-refractivity contribution in [3.05, 3.63) is 23.8 Å². The SMILES string of the molecule is CC(C)CC(CNC(=O)c1ccc2n[nH]nc2c1)C(=O)O. The zero-order valence-corrected chi connectivity index (χ0v) is 12.0. The summed E-state index contributed by atoms with van der Waals surface area (Å²) < 4.78 is 0. The highest BCUT2D eigenvalue weighted by molar-refractivity contribution is 5.97. The molecule has 1 heterocycles. The number of carbonyl (C=O) groups excluding carboxylic acids is 1. The lowest BCUT2D eigenvalue weighted by atomic mass is 9.97. The largest absolute Gasteiger partial charge is 0.481 e. The molecule has 0 aliphatic carbocycles. The Kier molecular flexibility index (Phi) is 4.52. The number of carboxylic acids is 1. The van der Waals surface area contributed by atoms with Crippen LogP contribution in [0.1, 0.15) is 30.6 Å². The highest BCUT2D eigenvalue weighted by Gasteiger charge is 2.20. The number of carbonyl (C=O) groups is 2. The Balaban J connectivity index is 2.01. The number of amides is 1. The average molecular weight is 290 g/mol. The van der Waals surface area contributed by atoms with E-state index in [1.807, 2.05) is 13.8 Å². The zero-order chi connectivity index (χ0) is 15.4. The van der Waals surface area contributed by atoms with Crippen LogP contribution in [0.2, 0.25) is 0 Å². The number of fused-ring (bicyclic) bond motifs is 1. The number of nitrogens with zero attached hydrogens (tertiary/aromatic N) is 2. The molecule has 1 aromatic heterocycles. The Bertz CT molecular complexity index is 650. The lowest BCUT2D eigenvalue weighted by molar-refractivity contribution is -0.142. The summed E-state index contributed by atoms with van der Waals surface area (Å²) in [6.07, 6.45) is 0.526. The average Bonchev–Trinajstić information content (AvgIpc) is 2.89. The van der Waals surface area contributed by atoms with E-state index in [0.717, 1.165) is 0 Å². The molecule has 0 saturated carbocycles. The topological polar surface area (TPSA) is 108 Å². The molecule has 1 amide bonds. The van der Waals surface area contributed by atoms with Crippen LogP contribution in [-0.4, -0.2) is 38.9 Å². The van der Waals surface area contributed by atoms with Crippen LogP contribution in [0.3, 0.4) is 0 Å². The van der Waals surface area contributed by atoms with Gasteiger partial charge in [0.1, 0.15) is 11.0 Å². The van der Waals surface area contributed by atoms with Gasteiger partial charge >= 0.3 is 5.97 Å². The monoisotopic (exact) mass is 290 g/mol. The minimum atomic E-state index is -0.893. The first-order valence-electron chi connectivity index (χ1n) is 6.79. The molecule has 2 rings (SSSR count). The molecule has 112 valence electrons. The normalized spacial score (nSPS) is 12.5. The number of carboxylic acid groups (broad SMARTS) is 1. The van der Waals surface area contributed by atoms with Gasteiger partial charge in [-0.15, -0.1) is 0 Å². The molecule has 0 spiro atoms. The second-order valence-corrected chi connectivity index (χ2v) is 5.40. The van der Waals surface area contributed by atoms with Gasteiger partial charge in [0.15, 0.2) is 0 Å². The van der Waals surface area contributed by atoms with Crippen LogP contribution in [0, 0.1) is 11.8 Å². The third-order valence-electron chi connectivity index (χ3n) is 3.19. The van der Waals surface area contributed by atoms with E-state index in [1.54, 1.807) is 18.2 Å². The van der Waals surface area contributed by atoms with E-state index in [0.29, 0.717) is 23.0 Å². The van der Waals surface area contributed by atoms with E-state index in [9.17, 15) is 9.59 Å². The minimum absolute atomic E-state index is 0.114. The van der Waals surface area contributed by atoms with Crippen molar-refractivity contribution in [1.82, 2.24) is 20.7 Å². The standard InChI is InChI=1S/C14H18N4O3/c1-8(2)5-10(14(20)21)7-15-13(19)9-3-4-11-12(6-9)17-18-16-11/h3-4,6,8,10H,5,7H2,1-2H3,(H,15,19)(H,20,21)(H,16,17,18). The van der Waals surface area contributed by atoms with Gasteiger partial charge in [0, 0.05) is 12.1 Å². The Morgan fingerprint density at radius 1 is 1.29 bits per heavy atom. The number of hydrogen-bond donors (Lipinski definition) is 3. The van der Waals surface area contributed by atoms with Crippen LogP contribution >= 0.6 is 0 Å². The zero-order valence-electron chi connectivity index (χ0n) is 12.0. The van der Waals surface area contributed by atoms with Crippen molar-refractivity contribution in [2.24, 2.45) is 11.8 Å². The third-order valence-corrected chi connectivity index (χ3v) is 3.19. The smallest absolute Gasteiger partial charge is 0.308 e. The van der Waals surface area contributed by atoms with Crippen LogP contribution in [-0.2, 0) is 4.79 Å². The maximum atomic E-state index is 12.1. The molecule has 2 aromatic rings. The molecule has 0 saturated heterocycles. The number of aromatic amines is 1. The summed E-state index contributed by atoms with van der Waals surface area (Å²) in [6.45, 7) is 4.02. The van der Waals surface area contributed by atoms with Crippen molar-refractivity contribution in [3.63, 3.8) is 0 Å². The van der Waals surface area contributed by atoms with Gasteiger partial charge in [0.2, 0.25) is 0 Å². The fraction of sp³-hybridized carbons (Fsp3) is 0.429. The van der Waals surface area contributed by atoms with Crippen LogP contribution in [0.4, 0.5) is 0 Å². The number of hydrogen-bond acceptors (Lipinski definition) is 4. The number of nitrogens with one attached hydrogen (secondary N) is 2. The summed E-state index contributed by atoms with van der Waals surface area (Å²) >= 11 is 0. The van der Waals surface area contributed by atoms with Crippen molar-refractivity contribution in [2.45, 2.75) is 20.3 Å². The Morgan fingerprint density at radius 3 is 2.67 bits per heavy atom. The van der Waals surface area contributed by atoms with Crippen molar-refractivity contribution in [2.75, 3.05) is 6.54 Å². The van der Waals surface area contributed by atoms with Gasteiger partial charge in [-0.2, -0.15) is 15.4 Å². The Morgan fingerprint density at radius 2 is 2.00 bits per heavy atom. The van der Waals surface area contributed by atoms with Gasteiger partial charge in [0.25, 0.3) is 5.91 Å². The van der Waals surface area contributed by atoms with Crippen molar-refractivity contribution in [3.8, 4) is 0 Å². The van der Waals surface area contributed by atoms with E-state index in [1.165, 1.54) is 0 Å². The number of aromatic nitrogens is 3. The van der Waals surface area contributed by atoms with Crippen LogP contribution in [0.25, 0.3) is 11.0 Å². The molecule has 0 fully saturated rings. The molecule has 21 heavy (non-hydrogen) atoms. The van der Waals surface area contributed by atoms with Gasteiger partial charge in [-0.1, -0.05) is 13.8 Å². The molecule has 1 atom stereocenters. The summed E-state index contributed by atoms with van der Waals surface area (Å²) in [5.74, 6) is -1.52. The highest BCUT2D eigenvalue weighted by atomic mass is 16.4. The third kappa shape index (κ3) is 3.77. The highest BCUT2D eigenvalue weighted by Crippen LogP contribution is 2.13. The second kappa shape index (κ2) is 6.34. The van der Waals surface area contributed by atoms with Gasteiger partial charge in [-0.3, -0.25) is 9.59 Å². The lowest BCUT2D eigenvalue weighted by Gasteiger charge is -2.15. The number of benzene rings is 1. The van der Waals surface area contributed by atoms with Gasteiger partial charge < -0.3 is 10.4 Å². The maximum absolute atomic E-state index is 12.1. The molecule has 1 unspecified atom stereocenters. The van der Waals surface area contributed by atoms with E-state index < -0.39 is 11.9 Å². The molecule has 7 heteroatoms.